The van der Waals surface area contributed by atoms with E-state index >= 15 is 0 Å². The summed E-state index contributed by atoms with van der Waals surface area (Å²) in [5.74, 6) is 0.231. The van der Waals surface area contributed by atoms with Crippen LogP contribution in [0, 0.1) is 0 Å². The molecular weight excluding hydrogens is 328 g/mol. The van der Waals surface area contributed by atoms with Gasteiger partial charge in [-0.05, 0) is 39.7 Å². The van der Waals surface area contributed by atoms with Gasteiger partial charge in [-0.2, -0.15) is 5.10 Å². The minimum Gasteiger partial charge on any atom is -0.444 e. The third kappa shape index (κ3) is 4.00. The van der Waals surface area contributed by atoms with Gasteiger partial charge < -0.3 is 9.64 Å². The lowest BCUT2D eigenvalue weighted by molar-refractivity contribution is 0.0196. The number of fused-ring (bicyclic) bond motifs is 1. The van der Waals surface area contributed by atoms with E-state index in [0.29, 0.717) is 6.54 Å². The number of hydrogen-bond donors (Lipinski definition) is 0. The fourth-order valence-corrected chi connectivity index (χ4v) is 3.30. The molecule has 0 spiro atoms. The molecule has 1 amide bonds. The summed E-state index contributed by atoms with van der Waals surface area (Å²) in [6.07, 6.45) is 3.60. The topological polar surface area (TPSA) is 59.7 Å². The van der Waals surface area contributed by atoms with Gasteiger partial charge in [-0.3, -0.25) is 0 Å². The van der Waals surface area contributed by atoms with Gasteiger partial charge in [0.2, 0.25) is 0 Å². The molecule has 0 saturated carbocycles. The zero-order valence-corrected chi connectivity index (χ0v) is 16.7. The van der Waals surface area contributed by atoms with Crippen molar-refractivity contribution in [3.8, 4) is 0 Å². The maximum absolute atomic E-state index is 12.5. The van der Waals surface area contributed by atoms with Crippen molar-refractivity contribution >= 4 is 11.7 Å². The highest BCUT2D eigenvalue weighted by atomic mass is 16.6. The van der Waals surface area contributed by atoms with Gasteiger partial charge in [0, 0.05) is 36.7 Å². The third-order valence-electron chi connectivity index (χ3n) is 4.65. The number of piperidine rings is 1. The first-order valence-electron chi connectivity index (χ1n) is 9.38. The lowest BCUT2D eigenvalue weighted by atomic mass is 9.93. The van der Waals surface area contributed by atoms with E-state index < -0.39 is 5.60 Å². The monoisotopic (exact) mass is 358 g/mol. The molecule has 1 atom stereocenters. The summed E-state index contributed by atoms with van der Waals surface area (Å²) in [4.78, 5) is 18.7. The maximum atomic E-state index is 12.5. The summed E-state index contributed by atoms with van der Waals surface area (Å²) in [6, 6.07) is 4.08. The van der Waals surface area contributed by atoms with Gasteiger partial charge in [-0.15, -0.1) is 0 Å². The molecule has 1 aliphatic heterocycles. The lowest BCUT2D eigenvalue weighted by Gasteiger charge is -2.34. The molecule has 2 aromatic rings. The Balaban J connectivity index is 1.86. The van der Waals surface area contributed by atoms with Gasteiger partial charge >= 0.3 is 6.09 Å². The van der Waals surface area contributed by atoms with Gasteiger partial charge in [0.1, 0.15) is 5.60 Å². The highest BCUT2D eigenvalue weighted by molar-refractivity contribution is 5.68. The van der Waals surface area contributed by atoms with E-state index in [-0.39, 0.29) is 17.4 Å². The second-order valence-electron chi connectivity index (χ2n) is 9.18. The van der Waals surface area contributed by atoms with Crippen LogP contribution < -0.4 is 0 Å². The van der Waals surface area contributed by atoms with E-state index in [1.165, 1.54) is 0 Å². The van der Waals surface area contributed by atoms with Crippen LogP contribution in [0.3, 0.4) is 0 Å². The Morgan fingerprint density at radius 1 is 1.23 bits per heavy atom. The highest BCUT2D eigenvalue weighted by Crippen LogP contribution is 2.29. The predicted octanol–water partition coefficient (Wildman–Crippen LogP) is 4.14. The lowest BCUT2D eigenvalue weighted by Crippen LogP contribution is -2.42. The van der Waals surface area contributed by atoms with Crippen molar-refractivity contribution in [3.63, 3.8) is 0 Å². The third-order valence-corrected chi connectivity index (χ3v) is 4.65. The fourth-order valence-electron chi connectivity index (χ4n) is 3.30. The van der Waals surface area contributed by atoms with Crippen LogP contribution in [-0.4, -0.2) is 44.3 Å². The number of aromatic nitrogens is 3. The zero-order valence-electron chi connectivity index (χ0n) is 16.7. The number of hydrogen-bond acceptors (Lipinski definition) is 4. The average molecular weight is 358 g/mol. The van der Waals surface area contributed by atoms with Crippen molar-refractivity contribution < 1.29 is 9.53 Å². The van der Waals surface area contributed by atoms with Crippen LogP contribution in [0.25, 0.3) is 5.65 Å². The molecule has 0 N–H and O–H groups in total. The maximum Gasteiger partial charge on any atom is 0.410 e. The smallest absolute Gasteiger partial charge is 0.410 e. The molecule has 0 radical (unpaired) electrons. The molecule has 3 rings (SSSR count). The average Bonchev–Trinajstić information content (AvgIpc) is 2.97. The molecule has 6 heteroatoms. The number of carbonyl (C=O) groups is 1. The quantitative estimate of drug-likeness (QED) is 0.769. The van der Waals surface area contributed by atoms with Gasteiger partial charge in [0.05, 0.1) is 11.4 Å². The molecule has 1 aliphatic rings. The molecule has 0 bridgehead atoms. The first-order valence-corrected chi connectivity index (χ1v) is 9.38. The Hall–Kier alpha value is -2.11. The number of nitrogens with zero attached hydrogens (tertiary/aromatic N) is 4. The molecular formula is C20H30N4O2. The summed E-state index contributed by atoms with van der Waals surface area (Å²) < 4.78 is 7.50. The van der Waals surface area contributed by atoms with Crippen LogP contribution in [-0.2, 0) is 10.2 Å². The van der Waals surface area contributed by atoms with E-state index in [0.717, 1.165) is 36.4 Å². The summed E-state index contributed by atoms with van der Waals surface area (Å²) in [5.41, 5.74) is 2.50. The normalized spacial score (nSPS) is 19.0. The van der Waals surface area contributed by atoms with Crippen molar-refractivity contribution in [2.24, 2.45) is 0 Å². The van der Waals surface area contributed by atoms with Gasteiger partial charge in [0.25, 0.3) is 0 Å². The number of likely N-dealkylation sites (tertiary alicyclic amines) is 1. The number of amides is 1. The molecule has 142 valence electrons. The second kappa shape index (κ2) is 6.56. The van der Waals surface area contributed by atoms with Crippen LogP contribution in [0.15, 0.2) is 18.3 Å². The molecule has 2 aromatic heterocycles. The van der Waals surface area contributed by atoms with Crippen molar-refractivity contribution in [2.75, 3.05) is 13.1 Å². The first-order chi connectivity index (χ1) is 12.0. The summed E-state index contributed by atoms with van der Waals surface area (Å²) >= 11 is 0. The van der Waals surface area contributed by atoms with Crippen LogP contribution in [0.1, 0.15) is 71.7 Å². The number of carbonyl (C=O) groups excluding carboxylic acids is 1. The van der Waals surface area contributed by atoms with Gasteiger partial charge in [0.15, 0.2) is 5.65 Å². The molecule has 3 heterocycles. The summed E-state index contributed by atoms with van der Waals surface area (Å²) in [7, 11) is 0. The minimum atomic E-state index is -0.475. The molecule has 6 nitrogen and oxygen atoms in total. The first kappa shape index (κ1) is 18.7. The minimum absolute atomic E-state index is 0.0277. The van der Waals surface area contributed by atoms with Crippen LogP contribution >= 0.6 is 0 Å². The second-order valence-corrected chi connectivity index (χ2v) is 9.18. The number of rotatable bonds is 1. The largest absolute Gasteiger partial charge is 0.444 e. The number of ether oxygens (including phenoxy) is 1. The highest BCUT2D eigenvalue weighted by Gasteiger charge is 2.30. The van der Waals surface area contributed by atoms with Crippen LogP contribution in [0.4, 0.5) is 4.79 Å². The van der Waals surface area contributed by atoms with E-state index in [1.54, 1.807) is 0 Å². The standard InChI is InChI=1S/C20H30N4O2/c1-19(2,3)16-12-17-21-10-9-15(24(17)22-16)14-8-7-11-23(13-14)18(25)26-20(4,5)6/h9-10,12,14H,7-8,11,13H2,1-6H3/t14-/m0/s1. The van der Waals surface area contributed by atoms with Crippen molar-refractivity contribution in [2.45, 2.75) is 71.3 Å². The SMILES string of the molecule is CC(C)(C)OC(=O)N1CCC[C@H](c2ccnc3cc(C(C)(C)C)nn23)C1. The van der Waals surface area contributed by atoms with Crippen molar-refractivity contribution in [1.82, 2.24) is 19.5 Å². The Kier molecular flexibility index (Phi) is 4.71. The van der Waals surface area contributed by atoms with Crippen LogP contribution in [0.5, 0.6) is 0 Å². The summed E-state index contributed by atoms with van der Waals surface area (Å²) in [5, 5.41) is 4.81. The van der Waals surface area contributed by atoms with Gasteiger partial charge in [-0.1, -0.05) is 20.8 Å². The van der Waals surface area contributed by atoms with E-state index in [9.17, 15) is 4.79 Å². The fraction of sp³-hybridized carbons (Fsp3) is 0.650. The summed E-state index contributed by atoms with van der Waals surface area (Å²) in [6.45, 7) is 13.5. The predicted molar refractivity (Wildman–Crippen MR) is 101 cm³/mol. The van der Waals surface area contributed by atoms with Crippen LogP contribution in [0.2, 0.25) is 0 Å². The Morgan fingerprint density at radius 3 is 2.62 bits per heavy atom. The van der Waals surface area contributed by atoms with E-state index in [4.69, 9.17) is 9.84 Å². The Labute approximate surface area is 155 Å². The zero-order chi connectivity index (χ0) is 19.1. The van der Waals surface area contributed by atoms with Gasteiger partial charge in [-0.25, -0.2) is 14.3 Å². The molecule has 1 saturated heterocycles. The Bertz CT molecular complexity index is 798. The molecule has 1 fully saturated rings. The molecule has 0 aliphatic carbocycles. The van der Waals surface area contributed by atoms with Crippen molar-refractivity contribution in [3.05, 3.63) is 29.7 Å². The Morgan fingerprint density at radius 2 is 1.96 bits per heavy atom. The van der Waals surface area contributed by atoms with E-state index in [1.807, 2.05) is 42.4 Å². The molecule has 0 unspecified atom stereocenters. The molecule has 26 heavy (non-hydrogen) atoms. The molecule has 0 aromatic carbocycles. The van der Waals surface area contributed by atoms with E-state index in [2.05, 4.69) is 31.8 Å². The van der Waals surface area contributed by atoms with Crippen molar-refractivity contribution in [1.29, 1.82) is 0 Å².